The summed E-state index contributed by atoms with van der Waals surface area (Å²) in [5.41, 5.74) is 5.27. The highest BCUT2D eigenvalue weighted by Gasteiger charge is 2.24. The Kier molecular flexibility index (Phi) is 5.30. The molecule has 0 bridgehead atoms. The molecule has 2 aromatic heterocycles. The molecule has 148 valence electrons. The van der Waals surface area contributed by atoms with E-state index in [-0.39, 0.29) is 11.4 Å². The molecule has 1 amide bonds. The molecular formula is C21H33N5O. The Morgan fingerprint density at radius 2 is 1.67 bits per heavy atom. The summed E-state index contributed by atoms with van der Waals surface area (Å²) in [7, 11) is 2.11. The molecule has 0 N–H and O–H groups in total. The van der Waals surface area contributed by atoms with Gasteiger partial charge in [0.1, 0.15) is 0 Å². The van der Waals surface area contributed by atoms with Crippen molar-refractivity contribution < 1.29 is 4.79 Å². The molecule has 3 rings (SSSR count). The van der Waals surface area contributed by atoms with Crippen molar-refractivity contribution in [3.63, 3.8) is 0 Å². The lowest BCUT2D eigenvalue weighted by Crippen LogP contribution is -2.47. The van der Waals surface area contributed by atoms with E-state index in [0.29, 0.717) is 6.42 Å². The highest BCUT2D eigenvalue weighted by atomic mass is 16.2. The predicted octanol–water partition coefficient (Wildman–Crippen LogP) is 2.82. The third-order valence-electron chi connectivity index (χ3n) is 5.65. The standard InChI is InChI=1S/C21H33N5O/c1-14-17(8-9-18(27)25-12-10-24(7)11-13-25)15(2)22-20-19(14)16(3)23-26(20)21(4,5)6/h8-13H2,1-7H3. The number of nitrogens with zero attached hydrogens (tertiary/aromatic N) is 5. The quantitative estimate of drug-likeness (QED) is 0.832. The second-order valence-electron chi connectivity index (χ2n) is 8.85. The number of aromatic nitrogens is 3. The fourth-order valence-corrected chi connectivity index (χ4v) is 3.99. The highest BCUT2D eigenvalue weighted by Crippen LogP contribution is 2.29. The Morgan fingerprint density at radius 1 is 1.04 bits per heavy atom. The van der Waals surface area contributed by atoms with Gasteiger partial charge in [0.25, 0.3) is 0 Å². The number of carbonyl (C=O) groups is 1. The van der Waals surface area contributed by atoms with Crippen molar-refractivity contribution in [2.24, 2.45) is 0 Å². The van der Waals surface area contributed by atoms with Crippen LogP contribution in [0.15, 0.2) is 0 Å². The van der Waals surface area contributed by atoms with Crippen molar-refractivity contribution >= 4 is 16.9 Å². The van der Waals surface area contributed by atoms with E-state index in [1.807, 2.05) is 16.5 Å². The predicted molar refractivity (Wildman–Crippen MR) is 109 cm³/mol. The van der Waals surface area contributed by atoms with Gasteiger partial charge in [0.15, 0.2) is 5.65 Å². The minimum absolute atomic E-state index is 0.114. The van der Waals surface area contributed by atoms with Crippen LogP contribution in [-0.2, 0) is 16.8 Å². The zero-order valence-electron chi connectivity index (χ0n) is 17.9. The number of hydrogen-bond donors (Lipinski definition) is 0. The molecule has 0 aromatic carbocycles. The minimum atomic E-state index is -0.114. The molecule has 0 aliphatic carbocycles. The molecule has 3 heterocycles. The topological polar surface area (TPSA) is 54.3 Å². The third-order valence-corrected chi connectivity index (χ3v) is 5.65. The normalized spacial score (nSPS) is 16.3. The Hall–Kier alpha value is -1.95. The summed E-state index contributed by atoms with van der Waals surface area (Å²) in [4.78, 5) is 21.8. The van der Waals surface area contributed by atoms with Gasteiger partial charge in [0.2, 0.25) is 5.91 Å². The summed E-state index contributed by atoms with van der Waals surface area (Å²) >= 11 is 0. The monoisotopic (exact) mass is 371 g/mol. The first-order chi connectivity index (χ1) is 12.6. The molecule has 1 saturated heterocycles. The summed E-state index contributed by atoms with van der Waals surface area (Å²) < 4.78 is 2.02. The first-order valence-corrected chi connectivity index (χ1v) is 9.91. The number of aryl methyl sites for hydroxylation is 3. The third kappa shape index (κ3) is 3.86. The Bertz CT molecular complexity index is 854. The lowest BCUT2D eigenvalue weighted by Gasteiger charge is -2.32. The van der Waals surface area contributed by atoms with Crippen molar-refractivity contribution in [1.29, 1.82) is 0 Å². The lowest BCUT2D eigenvalue weighted by atomic mass is 9.98. The summed E-state index contributed by atoms with van der Waals surface area (Å²) in [5.74, 6) is 0.254. The van der Waals surface area contributed by atoms with Gasteiger partial charge in [0, 0.05) is 43.7 Å². The van der Waals surface area contributed by atoms with Crippen LogP contribution in [0.25, 0.3) is 11.0 Å². The fourth-order valence-electron chi connectivity index (χ4n) is 3.99. The van der Waals surface area contributed by atoms with Crippen molar-refractivity contribution in [3.8, 4) is 0 Å². The van der Waals surface area contributed by atoms with E-state index in [1.54, 1.807) is 0 Å². The number of fused-ring (bicyclic) bond motifs is 1. The Morgan fingerprint density at radius 3 is 2.26 bits per heavy atom. The van der Waals surface area contributed by atoms with E-state index in [2.05, 4.69) is 46.6 Å². The van der Waals surface area contributed by atoms with Crippen LogP contribution in [-0.4, -0.2) is 63.7 Å². The first-order valence-electron chi connectivity index (χ1n) is 9.91. The first kappa shape index (κ1) is 19.8. The molecular weight excluding hydrogens is 338 g/mol. The zero-order chi connectivity index (χ0) is 19.9. The van der Waals surface area contributed by atoms with Crippen LogP contribution in [0.5, 0.6) is 0 Å². The van der Waals surface area contributed by atoms with Gasteiger partial charge in [-0.3, -0.25) is 4.79 Å². The van der Waals surface area contributed by atoms with E-state index >= 15 is 0 Å². The average molecular weight is 372 g/mol. The van der Waals surface area contributed by atoms with E-state index in [0.717, 1.165) is 55.0 Å². The molecule has 1 fully saturated rings. The molecule has 0 atom stereocenters. The molecule has 2 aromatic rings. The molecule has 0 spiro atoms. The molecule has 0 radical (unpaired) electrons. The van der Waals surface area contributed by atoms with Gasteiger partial charge in [-0.2, -0.15) is 5.10 Å². The maximum atomic E-state index is 12.6. The number of hydrogen-bond acceptors (Lipinski definition) is 4. The van der Waals surface area contributed by atoms with E-state index < -0.39 is 0 Å². The van der Waals surface area contributed by atoms with E-state index in [9.17, 15) is 4.79 Å². The van der Waals surface area contributed by atoms with E-state index in [4.69, 9.17) is 10.1 Å². The van der Waals surface area contributed by atoms with Crippen molar-refractivity contribution in [1.82, 2.24) is 24.6 Å². The van der Waals surface area contributed by atoms with Gasteiger partial charge in [-0.05, 0) is 66.1 Å². The van der Waals surface area contributed by atoms with Gasteiger partial charge in [-0.1, -0.05) is 0 Å². The van der Waals surface area contributed by atoms with Crippen molar-refractivity contribution in [2.75, 3.05) is 33.2 Å². The smallest absolute Gasteiger partial charge is 0.222 e. The fraction of sp³-hybridized carbons (Fsp3) is 0.667. The number of likely N-dealkylation sites (N-methyl/N-ethyl adjacent to an activating group) is 1. The molecule has 1 aliphatic heterocycles. The maximum Gasteiger partial charge on any atom is 0.222 e. The molecule has 27 heavy (non-hydrogen) atoms. The second kappa shape index (κ2) is 7.23. The van der Waals surface area contributed by atoms with Crippen LogP contribution in [0.4, 0.5) is 0 Å². The van der Waals surface area contributed by atoms with Gasteiger partial charge in [-0.15, -0.1) is 0 Å². The van der Waals surface area contributed by atoms with Crippen LogP contribution < -0.4 is 0 Å². The molecule has 1 aliphatic rings. The summed E-state index contributed by atoms with van der Waals surface area (Å²) in [6.07, 6.45) is 1.29. The number of pyridine rings is 1. The van der Waals surface area contributed by atoms with Gasteiger partial charge < -0.3 is 9.80 Å². The number of amides is 1. The van der Waals surface area contributed by atoms with Gasteiger partial charge in [-0.25, -0.2) is 9.67 Å². The minimum Gasteiger partial charge on any atom is -0.340 e. The second-order valence-corrected chi connectivity index (χ2v) is 8.85. The van der Waals surface area contributed by atoms with E-state index in [1.165, 1.54) is 11.1 Å². The number of piperazine rings is 1. The maximum absolute atomic E-state index is 12.6. The summed E-state index contributed by atoms with van der Waals surface area (Å²) in [6.45, 7) is 16.3. The van der Waals surface area contributed by atoms with Crippen LogP contribution in [0.2, 0.25) is 0 Å². The average Bonchev–Trinajstić information content (AvgIpc) is 2.92. The molecule has 6 heteroatoms. The van der Waals surface area contributed by atoms with Crippen LogP contribution >= 0.6 is 0 Å². The number of carbonyl (C=O) groups excluding carboxylic acids is 1. The van der Waals surface area contributed by atoms with Gasteiger partial charge in [0.05, 0.1) is 11.2 Å². The zero-order valence-corrected chi connectivity index (χ0v) is 17.9. The largest absolute Gasteiger partial charge is 0.340 e. The molecule has 0 unspecified atom stereocenters. The Labute approximate surface area is 162 Å². The Balaban J connectivity index is 1.85. The SMILES string of the molecule is Cc1nc2c(c(C)nn2C(C)(C)C)c(C)c1CCC(=O)N1CCN(C)CC1. The van der Waals surface area contributed by atoms with Crippen LogP contribution in [0.1, 0.15) is 49.7 Å². The molecule has 6 nitrogen and oxygen atoms in total. The molecule has 0 saturated carbocycles. The van der Waals surface area contributed by atoms with Gasteiger partial charge >= 0.3 is 0 Å². The van der Waals surface area contributed by atoms with Crippen LogP contribution in [0.3, 0.4) is 0 Å². The van der Waals surface area contributed by atoms with Crippen molar-refractivity contribution in [2.45, 2.75) is 59.9 Å². The lowest BCUT2D eigenvalue weighted by molar-refractivity contribution is -0.132. The highest BCUT2D eigenvalue weighted by molar-refractivity contribution is 5.84. The summed E-state index contributed by atoms with van der Waals surface area (Å²) in [6, 6.07) is 0. The number of rotatable bonds is 3. The van der Waals surface area contributed by atoms with Crippen LogP contribution in [0, 0.1) is 20.8 Å². The summed E-state index contributed by atoms with van der Waals surface area (Å²) in [5, 5.41) is 5.89. The van der Waals surface area contributed by atoms with Crippen molar-refractivity contribution in [3.05, 3.63) is 22.5 Å².